The summed E-state index contributed by atoms with van der Waals surface area (Å²) in [5.41, 5.74) is 0. The van der Waals surface area contributed by atoms with Crippen LogP contribution in [-0.2, 0) is 18.2 Å². The quantitative estimate of drug-likeness (QED) is 0.124. The van der Waals surface area contributed by atoms with Crippen molar-refractivity contribution in [1.82, 2.24) is 0 Å². The normalized spacial score (nSPS) is 14.5. The fraction of sp³-hybridized carbons (Fsp3) is 0.842. The van der Waals surface area contributed by atoms with Gasteiger partial charge in [0.1, 0.15) is 5.78 Å². The van der Waals surface area contributed by atoms with Crippen LogP contribution in [0.1, 0.15) is 40.0 Å². The standard InChI is InChI=1S/C10F19O.C6H10O3.C3H7O.Al/c11-2(12,1-30)3(13,14)4(15,16)5(17,18)6(19,20)7(21,22)8(23,24)9(25,26)10(27,28)29;1-2-3-5(7)4-6(8)9;1-3(2)4;/h;2-4H2,1H3,(H,8,9);3H,1-2H3;/q;;-1;+2/p-1. The number of rotatable bonds is 15. The van der Waals surface area contributed by atoms with Crippen LogP contribution in [-0.4, -0.2) is 91.6 Å². The molecule has 0 aromatic rings. The first-order valence-corrected chi connectivity index (χ1v) is 11.9. The van der Waals surface area contributed by atoms with E-state index in [9.17, 15) is 103 Å². The Labute approximate surface area is 239 Å². The predicted octanol–water partition coefficient (Wildman–Crippen LogP) is 5.70. The van der Waals surface area contributed by atoms with E-state index < -0.39 is 92.2 Å². The number of carbonyl (C=O) groups excluding carboxylic acids is 3. The van der Waals surface area contributed by atoms with Gasteiger partial charge in [-0.05, 0) is 6.42 Å². The Morgan fingerprint density at radius 3 is 1.20 bits per heavy atom. The van der Waals surface area contributed by atoms with Crippen LogP contribution >= 0.6 is 0 Å². The fourth-order valence-corrected chi connectivity index (χ4v) is 3.04. The summed E-state index contributed by atoms with van der Waals surface area (Å²) in [6, 6.07) is 0. The van der Waals surface area contributed by atoms with Crippen LogP contribution in [0.2, 0.25) is 0 Å². The van der Waals surface area contributed by atoms with E-state index in [1.54, 1.807) is 0 Å². The van der Waals surface area contributed by atoms with Crippen LogP contribution in [0.5, 0.6) is 0 Å². The molecule has 0 heterocycles. The Balaban J connectivity index is 0. The van der Waals surface area contributed by atoms with Gasteiger partial charge in [0.2, 0.25) is 0 Å². The van der Waals surface area contributed by atoms with Crippen molar-refractivity contribution in [1.29, 1.82) is 0 Å². The summed E-state index contributed by atoms with van der Waals surface area (Å²) >= 11 is -3.17. The van der Waals surface area contributed by atoms with E-state index in [-0.39, 0.29) is 5.78 Å². The van der Waals surface area contributed by atoms with E-state index in [0.717, 1.165) is 13.8 Å². The summed E-state index contributed by atoms with van der Waals surface area (Å²) in [6.45, 7) is 3.66. The summed E-state index contributed by atoms with van der Waals surface area (Å²) in [6.07, 6.45) is -8.62. The molecule has 25 heteroatoms. The molecule has 0 aromatic carbocycles. The van der Waals surface area contributed by atoms with Crippen molar-refractivity contribution >= 4 is 32.0 Å². The second-order valence-electron chi connectivity index (χ2n) is 8.60. The molecule has 258 valence electrons. The van der Waals surface area contributed by atoms with E-state index in [2.05, 4.69) is 3.79 Å². The number of hydrogen-bond donors (Lipinski definition) is 0. The van der Waals surface area contributed by atoms with E-state index in [0.29, 0.717) is 12.8 Å². The first-order valence-electron chi connectivity index (χ1n) is 10.8. The van der Waals surface area contributed by atoms with Gasteiger partial charge in [0.05, 0.1) is 0 Å². The summed E-state index contributed by atoms with van der Waals surface area (Å²) in [5, 5.41) is 9.75. The van der Waals surface area contributed by atoms with Crippen LogP contribution < -0.4 is 5.11 Å². The second kappa shape index (κ2) is 13.8. The number of Topliss-reactive ketones (excluding diaryl/α,β-unsaturated/α-hetero) is 1. The van der Waals surface area contributed by atoms with Crippen LogP contribution in [0, 0.1) is 0 Å². The summed E-state index contributed by atoms with van der Waals surface area (Å²) in [7, 11) is 0. The van der Waals surface area contributed by atoms with E-state index in [1.807, 2.05) is 6.92 Å². The van der Waals surface area contributed by atoms with Crippen LogP contribution in [0.25, 0.3) is 0 Å². The fourth-order valence-electron chi connectivity index (χ4n) is 2.32. The molecule has 0 rings (SSSR count). The van der Waals surface area contributed by atoms with Gasteiger partial charge in [-0.3, -0.25) is 4.79 Å². The molecule has 44 heavy (non-hydrogen) atoms. The first kappa shape index (κ1) is 44.1. The molecule has 0 aromatic heterocycles. The number of halogens is 19. The van der Waals surface area contributed by atoms with Crippen LogP contribution in [0.3, 0.4) is 0 Å². The topological polar surface area (TPSA) is 83.5 Å². The van der Waals surface area contributed by atoms with Gasteiger partial charge >= 0.3 is 186 Å². The second-order valence-corrected chi connectivity index (χ2v) is 9.63. The molecule has 0 atom stereocenters. The van der Waals surface area contributed by atoms with Gasteiger partial charge in [0.25, 0.3) is 0 Å². The average molecular weight is 712 g/mol. The third-order valence-corrected chi connectivity index (χ3v) is 6.00. The molecule has 0 aliphatic carbocycles. The smallest absolute Gasteiger partial charge is 0.138 e. The maximum absolute atomic E-state index is 13.6. The molecule has 0 bridgehead atoms. The maximum Gasteiger partial charge on any atom is 0.138 e. The number of hydrogen-bond acceptors (Lipinski definition) is 5. The van der Waals surface area contributed by atoms with E-state index in [1.165, 1.54) is 0 Å². The van der Waals surface area contributed by atoms with Gasteiger partial charge in [-0.2, -0.15) is 0 Å². The van der Waals surface area contributed by atoms with Gasteiger partial charge < -0.3 is 9.90 Å². The zero-order valence-electron chi connectivity index (χ0n) is 21.5. The maximum atomic E-state index is 13.6. The number of carbonyl (C=O) groups is 3. The number of carboxylic acid groups (broad SMARTS) is 1. The Morgan fingerprint density at radius 1 is 0.614 bits per heavy atom. The molecule has 0 amide bonds. The van der Waals surface area contributed by atoms with Gasteiger partial charge in [-0.15, -0.1) is 0 Å². The molecule has 0 aliphatic rings. The molecular weight excluding hydrogens is 696 g/mol. The van der Waals surface area contributed by atoms with Gasteiger partial charge in [-0.1, -0.05) is 6.92 Å². The van der Waals surface area contributed by atoms with E-state index >= 15 is 0 Å². The first-order chi connectivity index (χ1) is 19.0. The summed E-state index contributed by atoms with van der Waals surface area (Å²) in [5.74, 6) is -69.5. The molecular formula is C19H16AlF19O5. The molecule has 0 aliphatic heterocycles. The molecule has 0 fully saturated rings. The van der Waals surface area contributed by atoms with E-state index in [4.69, 9.17) is 0 Å². The Morgan fingerprint density at radius 2 is 0.932 bits per heavy atom. The molecule has 0 saturated carbocycles. The number of ketones is 1. The van der Waals surface area contributed by atoms with Crippen molar-refractivity contribution in [3.63, 3.8) is 0 Å². The third-order valence-electron chi connectivity index (χ3n) is 4.74. The number of carboxylic acids is 1. The Bertz CT molecular complexity index is 1020. The Kier molecular flexibility index (Phi) is 13.8. The predicted molar refractivity (Wildman–Crippen MR) is 102 cm³/mol. The van der Waals surface area contributed by atoms with Crippen molar-refractivity contribution in [2.45, 2.75) is 99.7 Å². The molecule has 0 radical (unpaired) electrons. The van der Waals surface area contributed by atoms with Crippen LogP contribution in [0.4, 0.5) is 83.4 Å². The molecule has 0 saturated heterocycles. The molecule has 5 nitrogen and oxygen atoms in total. The molecule has 0 unspecified atom stereocenters. The minimum atomic E-state index is -9.01. The SMILES string of the molecule is CC(C)[O][Al+][C](=O)C(F)(F)C(F)(F)C(F)(F)C(F)(F)C(F)(F)C(F)(F)C(F)(F)C(F)(F)C(F)(F)F.CCCC(=O)CC(=O)[O-]. The summed E-state index contributed by atoms with van der Waals surface area (Å²) in [4.78, 5) is 31.2. The van der Waals surface area contributed by atoms with Crippen molar-refractivity contribution in [3.05, 3.63) is 0 Å². The van der Waals surface area contributed by atoms with Crippen molar-refractivity contribution < 1.29 is 107 Å². The monoisotopic (exact) mass is 712 g/mol. The zero-order valence-corrected chi connectivity index (χ0v) is 22.7. The zero-order chi connectivity index (χ0) is 36.3. The average Bonchev–Trinajstić information content (AvgIpc) is 2.80. The number of alkyl halides is 19. The largest absolute Gasteiger partial charge is 0.550 e. The minimum Gasteiger partial charge on any atom is -0.550 e. The third kappa shape index (κ3) is 7.84. The number of aliphatic carboxylic acids is 1. The van der Waals surface area contributed by atoms with Gasteiger partial charge in [-0.25, -0.2) is 0 Å². The minimum absolute atomic E-state index is 0.252. The summed E-state index contributed by atoms with van der Waals surface area (Å²) < 4.78 is 249. The van der Waals surface area contributed by atoms with Crippen molar-refractivity contribution in [3.8, 4) is 0 Å². The van der Waals surface area contributed by atoms with Crippen LogP contribution in [0.15, 0.2) is 0 Å². The van der Waals surface area contributed by atoms with Gasteiger partial charge in [0, 0.05) is 18.8 Å². The molecule has 0 N–H and O–H groups in total. The molecule has 0 spiro atoms. The Hall–Kier alpha value is -2.03. The van der Waals surface area contributed by atoms with Crippen molar-refractivity contribution in [2.24, 2.45) is 0 Å². The van der Waals surface area contributed by atoms with Crippen molar-refractivity contribution in [2.75, 3.05) is 0 Å². The van der Waals surface area contributed by atoms with Gasteiger partial charge in [0.15, 0.2) is 0 Å².